The smallest absolute Gasteiger partial charge is 0.408 e. The third-order valence-corrected chi connectivity index (χ3v) is 10.9. The molecule has 4 aromatic rings. The molecule has 0 radical (unpaired) electrons. The predicted molar refractivity (Wildman–Crippen MR) is 205 cm³/mol. The van der Waals surface area contributed by atoms with Crippen molar-refractivity contribution in [2.45, 2.75) is 76.5 Å². The van der Waals surface area contributed by atoms with Crippen molar-refractivity contribution >= 4 is 17.9 Å². The Balaban J connectivity index is 1.05. The lowest BCUT2D eigenvalue weighted by atomic mass is 9.89. The molecule has 288 valence electrons. The first-order valence-corrected chi connectivity index (χ1v) is 19.0. The summed E-state index contributed by atoms with van der Waals surface area (Å²) in [6.45, 7) is 4.76. The van der Waals surface area contributed by atoms with Gasteiger partial charge < -0.3 is 29.4 Å². The third kappa shape index (κ3) is 9.15. The molecule has 0 spiro atoms. The van der Waals surface area contributed by atoms with Crippen LogP contribution < -0.4 is 5.32 Å². The summed E-state index contributed by atoms with van der Waals surface area (Å²) in [5.41, 5.74) is 6.20. The number of alkyl carbamates (subject to hydrolysis) is 1. The van der Waals surface area contributed by atoms with Crippen molar-refractivity contribution in [3.8, 4) is 11.1 Å². The monoisotopic (exact) mass is 747 g/mol. The topological polar surface area (TPSA) is 127 Å². The average molecular weight is 748 g/mol. The summed E-state index contributed by atoms with van der Waals surface area (Å²) >= 11 is 0. The van der Waals surface area contributed by atoms with Gasteiger partial charge in [0.25, 0.3) is 5.91 Å². The lowest BCUT2D eigenvalue weighted by Gasteiger charge is -2.43. The highest BCUT2D eigenvalue weighted by molar-refractivity contribution is 6.06. The van der Waals surface area contributed by atoms with Gasteiger partial charge in [-0.3, -0.25) is 19.4 Å². The zero-order chi connectivity index (χ0) is 38.3. The number of aliphatic hydroxyl groups is 1. The van der Waals surface area contributed by atoms with Gasteiger partial charge in [0, 0.05) is 31.2 Å². The molecular formula is C44H49N3O8. The van der Waals surface area contributed by atoms with Crippen LogP contribution in [0.5, 0.6) is 0 Å². The largest absolute Gasteiger partial charge is 0.445 e. The van der Waals surface area contributed by atoms with Crippen molar-refractivity contribution in [1.29, 1.82) is 0 Å². The van der Waals surface area contributed by atoms with Crippen LogP contribution in [0.25, 0.3) is 11.1 Å². The highest BCUT2D eigenvalue weighted by Crippen LogP contribution is 2.43. The van der Waals surface area contributed by atoms with Gasteiger partial charge in [0.2, 0.25) is 5.91 Å². The Labute approximate surface area is 322 Å². The number of hydrogen-bond donors (Lipinski definition) is 2. The van der Waals surface area contributed by atoms with Crippen LogP contribution in [-0.4, -0.2) is 77.8 Å². The zero-order valence-electron chi connectivity index (χ0n) is 31.3. The van der Waals surface area contributed by atoms with Crippen LogP contribution in [-0.2, 0) is 48.3 Å². The van der Waals surface area contributed by atoms with E-state index < -0.39 is 24.3 Å². The van der Waals surface area contributed by atoms with Crippen LogP contribution >= 0.6 is 0 Å². The number of aliphatic hydroxyl groups excluding tert-OH is 1. The first kappa shape index (κ1) is 38.4. The fourth-order valence-electron chi connectivity index (χ4n) is 7.84. The van der Waals surface area contributed by atoms with Gasteiger partial charge in [-0.15, -0.1) is 0 Å². The minimum atomic E-state index is -0.981. The van der Waals surface area contributed by atoms with Gasteiger partial charge in [-0.1, -0.05) is 97.9 Å². The molecule has 4 aromatic carbocycles. The van der Waals surface area contributed by atoms with Gasteiger partial charge in [-0.05, 0) is 64.9 Å². The van der Waals surface area contributed by atoms with E-state index in [1.807, 2.05) is 97.1 Å². The number of carbonyl (C=O) groups excluding carboxylic acids is 3. The number of amides is 3. The number of rotatable bonds is 13. The molecule has 3 amide bonds. The summed E-state index contributed by atoms with van der Waals surface area (Å²) in [5.74, 6) is -0.762. The minimum Gasteiger partial charge on any atom is -0.445 e. The molecule has 3 aliphatic heterocycles. The van der Waals surface area contributed by atoms with Crippen molar-refractivity contribution in [2.75, 3.05) is 26.8 Å². The normalized spacial score (nSPS) is 24.3. The summed E-state index contributed by atoms with van der Waals surface area (Å²) in [7, 11) is 1.75. The van der Waals surface area contributed by atoms with Gasteiger partial charge in [0.1, 0.15) is 12.6 Å². The fraction of sp³-hybridized carbons (Fsp3) is 0.386. The second-order valence-electron chi connectivity index (χ2n) is 14.7. The van der Waals surface area contributed by atoms with Crippen LogP contribution in [0.4, 0.5) is 4.79 Å². The Hall–Kier alpha value is -4.91. The van der Waals surface area contributed by atoms with Crippen LogP contribution in [0, 0.1) is 5.92 Å². The number of methoxy groups -OCH3 is 1. The number of nitrogens with one attached hydrogen (secondary N) is 1. The molecule has 11 nitrogen and oxygen atoms in total. The van der Waals surface area contributed by atoms with Crippen molar-refractivity contribution in [1.82, 2.24) is 15.1 Å². The van der Waals surface area contributed by atoms with E-state index in [2.05, 4.69) is 23.2 Å². The third-order valence-electron chi connectivity index (χ3n) is 10.9. The molecule has 3 aliphatic rings. The Morgan fingerprint density at radius 3 is 2.38 bits per heavy atom. The summed E-state index contributed by atoms with van der Waals surface area (Å²) in [5, 5.41) is 12.2. The number of carbonyl (C=O) groups is 3. The molecule has 0 aliphatic carbocycles. The van der Waals surface area contributed by atoms with E-state index in [4.69, 9.17) is 18.9 Å². The Bertz CT molecular complexity index is 1940. The molecule has 0 bridgehead atoms. The highest BCUT2D eigenvalue weighted by Gasteiger charge is 2.41. The molecule has 0 aromatic heterocycles. The van der Waals surface area contributed by atoms with Crippen LogP contribution in [0.1, 0.15) is 66.4 Å². The second-order valence-corrected chi connectivity index (χ2v) is 14.7. The summed E-state index contributed by atoms with van der Waals surface area (Å²) < 4.78 is 24.4. The van der Waals surface area contributed by atoms with Gasteiger partial charge in [0.15, 0.2) is 6.29 Å². The standard InChI is InChI=1S/C44H49N3O8/c1-29-39(25-46-20-8-15-37(46)28-52-2)54-43(55-41(29)33-18-16-30(26-48)17-19-33)36-14-7-13-35(22-36)34-12-6-11-32(21-34)24-47-40(49)23-38(42(47)50)45-44(51)53-27-31-9-4-3-5-10-31/h3-7,9-14,16-19,21-22,29,37-39,41,43,48H,8,15,20,23-28H2,1-2H3,(H,45,51)/t29-,37-,38?,39+,41+,43+/m0/s1. The number of benzene rings is 4. The van der Waals surface area contributed by atoms with E-state index in [1.165, 1.54) is 4.90 Å². The predicted octanol–water partition coefficient (Wildman–Crippen LogP) is 6.30. The van der Waals surface area contributed by atoms with E-state index >= 15 is 0 Å². The van der Waals surface area contributed by atoms with Crippen LogP contribution in [0.2, 0.25) is 0 Å². The van der Waals surface area contributed by atoms with Crippen LogP contribution in [0.15, 0.2) is 103 Å². The van der Waals surface area contributed by atoms with Crippen molar-refractivity contribution in [3.05, 3.63) is 131 Å². The molecule has 0 saturated carbocycles. The number of ether oxygens (including phenoxy) is 4. The molecule has 11 heteroatoms. The van der Waals surface area contributed by atoms with Gasteiger partial charge >= 0.3 is 6.09 Å². The molecular weight excluding hydrogens is 698 g/mol. The van der Waals surface area contributed by atoms with E-state index in [0.29, 0.717) is 12.6 Å². The quantitative estimate of drug-likeness (QED) is 0.152. The first-order valence-electron chi connectivity index (χ1n) is 19.0. The van der Waals surface area contributed by atoms with Gasteiger partial charge in [-0.25, -0.2) is 4.79 Å². The molecule has 3 fully saturated rings. The maximum Gasteiger partial charge on any atom is 0.408 e. The lowest BCUT2D eigenvalue weighted by molar-refractivity contribution is -0.276. The van der Waals surface area contributed by atoms with Gasteiger partial charge in [0.05, 0.1) is 38.4 Å². The van der Waals surface area contributed by atoms with E-state index in [1.54, 1.807) is 7.11 Å². The molecule has 3 saturated heterocycles. The Morgan fingerprint density at radius 2 is 1.62 bits per heavy atom. The van der Waals surface area contributed by atoms with E-state index in [-0.39, 0.29) is 50.2 Å². The number of likely N-dealkylation sites (tertiary alicyclic amines) is 2. The Morgan fingerprint density at radius 1 is 0.873 bits per heavy atom. The maximum absolute atomic E-state index is 13.3. The molecule has 6 atom stereocenters. The summed E-state index contributed by atoms with van der Waals surface area (Å²) in [6, 6.07) is 32.4. The van der Waals surface area contributed by atoms with Crippen molar-refractivity contribution in [2.24, 2.45) is 5.92 Å². The summed E-state index contributed by atoms with van der Waals surface area (Å²) in [6.07, 6.45) is 0.394. The summed E-state index contributed by atoms with van der Waals surface area (Å²) in [4.78, 5) is 42.3. The van der Waals surface area contributed by atoms with E-state index in [9.17, 15) is 19.5 Å². The molecule has 2 N–H and O–H groups in total. The molecule has 7 rings (SSSR count). The zero-order valence-corrected chi connectivity index (χ0v) is 31.3. The van der Waals surface area contributed by atoms with Crippen molar-refractivity contribution in [3.63, 3.8) is 0 Å². The lowest BCUT2D eigenvalue weighted by Crippen LogP contribution is -2.46. The van der Waals surface area contributed by atoms with E-state index in [0.717, 1.165) is 64.9 Å². The highest BCUT2D eigenvalue weighted by atomic mass is 16.7. The fourth-order valence-corrected chi connectivity index (χ4v) is 7.84. The number of imide groups is 1. The number of hydrogen-bond acceptors (Lipinski definition) is 9. The van der Waals surface area contributed by atoms with Crippen molar-refractivity contribution < 1.29 is 38.4 Å². The first-order chi connectivity index (χ1) is 26.8. The van der Waals surface area contributed by atoms with Gasteiger partial charge in [-0.2, -0.15) is 0 Å². The molecule has 1 unspecified atom stereocenters. The average Bonchev–Trinajstić information content (AvgIpc) is 3.76. The van der Waals surface area contributed by atoms with Crippen LogP contribution in [0.3, 0.4) is 0 Å². The molecule has 3 heterocycles. The SMILES string of the molecule is COC[C@@H]1CCCN1C[C@H]1O[C@@H](c2cccc(-c3cccc(CN4C(=O)CC(NC(=O)OCc5ccccc5)C4=O)c3)c2)O[C@@H](c2ccc(CO)cc2)[C@H]1C. The second kappa shape index (κ2) is 17.7. The number of nitrogens with zero attached hydrogens (tertiary/aromatic N) is 2. The Kier molecular flexibility index (Phi) is 12.3. The minimum absolute atomic E-state index is 0.0199. The maximum atomic E-state index is 13.3. The molecule has 55 heavy (non-hydrogen) atoms.